The van der Waals surface area contributed by atoms with E-state index < -0.39 is 17.8 Å². The fraction of sp³-hybridized carbons (Fsp3) is 0.182. The van der Waals surface area contributed by atoms with Crippen molar-refractivity contribution >= 4 is 34.6 Å². The van der Waals surface area contributed by atoms with Crippen LogP contribution in [-0.2, 0) is 16.0 Å². The zero-order valence-corrected chi connectivity index (χ0v) is 16.2. The van der Waals surface area contributed by atoms with Gasteiger partial charge in [0.05, 0.1) is 18.2 Å². The molecule has 0 saturated carbocycles. The quantitative estimate of drug-likeness (QED) is 0.481. The van der Waals surface area contributed by atoms with Gasteiger partial charge in [0.2, 0.25) is 0 Å². The predicted octanol–water partition coefficient (Wildman–Crippen LogP) is 1.91. The van der Waals surface area contributed by atoms with Crippen LogP contribution in [0.5, 0.6) is 0 Å². The maximum Gasteiger partial charge on any atom is 0.325 e. The molecule has 0 fully saturated rings. The Balaban J connectivity index is 1.49. The second kappa shape index (κ2) is 7.82. The molecule has 4 rings (SSSR count). The zero-order chi connectivity index (χ0) is 21.3. The molecule has 2 aromatic carbocycles. The minimum atomic E-state index is -0.584. The summed E-state index contributed by atoms with van der Waals surface area (Å²) in [5, 5.41) is 3.47. The Kier molecular flexibility index (Phi) is 5.05. The van der Waals surface area contributed by atoms with E-state index in [0.29, 0.717) is 6.42 Å². The van der Waals surface area contributed by atoms with E-state index in [1.54, 1.807) is 0 Å². The van der Waals surface area contributed by atoms with Crippen LogP contribution in [0.2, 0.25) is 0 Å². The molecule has 0 aliphatic carbocycles. The Morgan fingerprint density at radius 3 is 2.63 bits per heavy atom. The van der Waals surface area contributed by atoms with Crippen LogP contribution in [-0.4, -0.2) is 53.8 Å². The van der Waals surface area contributed by atoms with E-state index in [1.807, 2.05) is 30.5 Å². The number of fused-ring (bicyclic) bond motifs is 2. The first kappa shape index (κ1) is 19.4. The van der Waals surface area contributed by atoms with Gasteiger partial charge in [-0.05, 0) is 36.2 Å². The molecular weight excluding hydrogens is 386 g/mol. The van der Waals surface area contributed by atoms with Crippen LogP contribution in [0, 0.1) is 0 Å². The van der Waals surface area contributed by atoms with Gasteiger partial charge in [-0.3, -0.25) is 24.1 Å². The number of H-pyrrole nitrogens is 1. The third kappa shape index (κ3) is 3.43. The monoisotopic (exact) mass is 405 g/mol. The van der Waals surface area contributed by atoms with Gasteiger partial charge in [0.1, 0.15) is 6.54 Å². The minimum absolute atomic E-state index is 0.185. The molecule has 1 aromatic heterocycles. The van der Waals surface area contributed by atoms with Crippen LogP contribution in [0.25, 0.3) is 10.9 Å². The topological polar surface area (TPSA) is 109 Å². The van der Waals surface area contributed by atoms with Gasteiger partial charge >= 0.3 is 5.97 Å². The van der Waals surface area contributed by atoms with Gasteiger partial charge in [0, 0.05) is 29.2 Å². The smallest absolute Gasteiger partial charge is 0.325 e. The Morgan fingerprint density at radius 2 is 1.83 bits per heavy atom. The number of hydrogen-bond donors (Lipinski definition) is 2. The highest BCUT2D eigenvalue weighted by molar-refractivity contribution is 6.22. The Morgan fingerprint density at radius 1 is 1.07 bits per heavy atom. The zero-order valence-electron chi connectivity index (χ0n) is 16.2. The van der Waals surface area contributed by atoms with Crippen molar-refractivity contribution < 1.29 is 23.9 Å². The van der Waals surface area contributed by atoms with Crippen LogP contribution in [0.15, 0.2) is 48.7 Å². The van der Waals surface area contributed by atoms with Gasteiger partial charge in [-0.15, -0.1) is 0 Å². The number of amides is 3. The van der Waals surface area contributed by atoms with Crippen LogP contribution < -0.4 is 5.32 Å². The molecule has 1 aliphatic rings. The number of hydrogen-bond acceptors (Lipinski definition) is 5. The minimum Gasteiger partial charge on any atom is -0.468 e. The highest BCUT2D eigenvalue weighted by Gasteiger charge is 2.35. The van der Waals surface area contributed by atoms with Crippen molar-refractivity contribution in [3.8, 4) is 0 Å². The molecule has 0 atom stereocenters. The lowest BCUT2D eigenvalue weighted by molar-refractivity contribution is -0.139. The first-order valence-electron chi connectivity index (χ1n) is 9.40. The van der Waals surface area contributed by atoms with E-state index in [9.17, 15) is 19.2 Å². The molecule has 3 aromatic rings. The number of methoxy groups -OCH3 is 1. The standard InChI is InChI=1S/C22H19N3O5/c1-30-19(26)12-24-20(27)13-6-7-16-17(10-13)22(29)25(21(16)28)9-8-14-11-23-18-5-3-2-4-15(14)18/h2-7,10-11,23H,8-9,12H2,1H3,(H,24,27). The number of imide groups is 1. The van der Waals surface area contributed by atoms with E-state index in [2.05, 4.69) is 15.0 Å². The number of nitrogens with zero attached hydrogens (tertiary/aromatic N) is 1. The number of rotatable bonds is 6. The molecule has 3 amide bonds. The van der Waals surface area contributed by atoms with Gasteiger partial charge < -0.3 is 15.0 Å². The van der Waals surface area contributed by atoms with Crippen molar-refractivity contribution in [2.24, 2.45) is 0 Å². The maximum atomic E-state index is 12.8. The molecular formula is C22H19N3O5. The number of aromatic amines is 1. The third-order valence-electron chi connectivity index (χ3n) is 5.13. The van der Waals surface area contributed by atoms with Gasteiger partial charge in [-0.1, -0.05) is 18.2 Å². The largest absolute Gasteiger partial charge is 0.468 e. The molecule has 0 spiro atoms. The second-order valence-electron chi connectivity index (χ2n) is 6.89. The van der Waals surface area contributed by atoms with Crippen LogP contribution in [0.3, 0.4) is 0 Å². The number of carbonyl (C=O) groups excluding carboxylic acids is 4. The normalized spacial score (nSPS) is 12.9. The molecule has 8 heteroatoms. The average molecular weight is 405 g/mol. The van der Waals surface area contributed by atoms with E-state index in [4.69, 9.17) is 0 Å². The van der Waals surface area contributed by atoms with Gasteiger partial charge in [0.25, 0.3) is 17.7 Å². The SMILES string of the molecule is COC(=O)CNC(=O)c1ccc2c(c1)C(=O)N(CCc1c[nH]c3ccccc13)C2=O. The van der Waals surface area contributed by atoms with Crippen molar-refractivity contribution in [3.63, 3.8) is 0 Å². The Labute approximate surface area is 171 Å². The summed E-state index contributed by atoms with van der Waals surface area (Å²) in [5.41, 5.74) is 2.66. The Bertz CT molecular complexity index is 1180. The number of benzene rings is 2. The number of nitrogens with one attached hydrogen (secondary N) is 2. The molecule has 2 N–H and O–H groups in total. The van der Waals surface area contributed by atoms with Crippen molar-refractivity contribution in [1.82, 2.24) is 15.2 Å². The van der Waals surface area contributed by atoms with Crippen molar-refractivity contribution in [1.29, 1.82) is 0 Å². The molecule has 2 heterocycles. The van der Waals surface area contributed by atoms with Crippen LogP contribution in [0.4, 0.5) is 0 Å². The first-order chi connectivity index (χ1) is 14.5. The lowest BCUT2D eigenvalue weighted by atomic mass is 10.1. The molecule has 0 unspecified atom stereocenters. The summed E-state index contributed by atoms with van der Waals surface area (Å²) in [6.07, 6.45) is 2.40. The van der Waals surface area contributed by atoms with Crippen molar-refractivity contribution in [2.75, 3.05) is 20.2 Å². The lowest BCUT2D eigenvalue weighted by Crippen LogP contribution is -2.31. The molecule has 8 nitrogen and oxygen atoms in total. The van der Waals surface area contributed by atoms with E-state index in [-0.39, 0.29) is 35.7 Å². The molecule has 152 valence electrons. The number of esters is 1. The maximum absolute atomic E-state index is 12.8. The summed E-state index contributed by atoms with van der Waals surface area (Å²) in [5.74, 6) is -1.92. The van der Waals surface area contributed by atoms with Gasteiger partial charge in [0.15, 0.2) is 0 Å². The van der Waals surface area contributed by atoms with Crippen molar-refractivity contribution in [3.05, 3.63) is 70.9 Å². The molecule has 1 aliphatic heterocycles. The first-order valence-corrected chi connectivity index (χ1v) is 9.40. The highest BCUT2D eigenvalue weighted by atomic mass is 16.5. The molecule has 0 bridgehead atoms. The number of ether oxygens (including phenoxy) is 1. The summed E-state index contributed by atoms with van der Waals surface area (Å²) in [7, 11) is 1.22. The van der Waals surface area contributed by atoms with Gasteiger partial charge in [-0.25, -0.2) is 0 Å². The van der Waals surface area contributed by atoms with Crippen molar-refractivity contribution in [2.45, 2.75) is 6.42 Å². The van der Waals surface area contributed by atoms with Gasteiger partial charge in [-0.2, -0.15) is 0 Å². The summed E-state index contributed by atoms with van der Waals surface area (Å²) in [6.45, 7) is -0.0475. The summed E-state index contributed by atoms with van der Waals surface area (Å²) in [6, 6.07) is 12.1. The summed E-state index contributed by atoms with van der Waals surface area (Å²) < 4.78 is 4.48. The number of aromatic nitrogens is 1. The predicted molar refractivity (Wildman–Crippen MR) is 108 cm³/mol. The highest BCUT2D eigenvalue weighted by Crippen LogP contribution is 2.25. The second-order valence-corrected chi connectivity index (χ2v) is 6.89. The average Bonchev–Trinajstić information content (AvgIpc) is 3.29. The molecule has 30 heavy (non-hydrogen) atoms. The van der Waals surface area contributed by atoms with Crippen LogP contribution >= 0.6 is 0 Å². The molecule has 0 saturated heterocycles. The number of carbonyl (C=O) groups is 4. The summed E-state index contributed by atoms with van der Waals surface area (Å²) >= 11 is 0. The third-order valence-corrected chi connectivity index (χ3v) is 5.13. The van der Waals surface area contributed by atoms with Crippen LogP contribution in [0.1, 0.15) is 36.6 Å². The van der Waals surface area contributed by atoms with E-state index >= 15 is 0 Å². The van der Waals surface area contributed by atoms with E-state index in [0.717, 1.165) is 16.5 Å². The summed E-state index contributed by atoms with van der Waals surface area (Å²) in [4.78, 5) is 53.3. The fourth-order valence-corrected chi connectivity index (χ4v) is 3.53. The number of para-hydroxylation sites is 1. The lowest BCUT2D eigenvalue weighted by Gasteiger charge is -2.13. The van der Waals surface area contributed by atoms with E-state index in [1.165, 1.54) is 30.2 Å². The fourth-order valence-electron chi connectivity index (χ4n) is 3.53. The molecule has 0 radical (unpaired) electrons. The Hall–Kier alpha value is -3.94.